The predicted molar refractivity (Wildman–Crippen MR) is 227 cm³/mol. The average Bonchev–Trinajstić information content (AvgIpc) is 3.72. The van der Waals surface area contributed by atoms with Crippen LogP contribution in [-0.4, -0.2) is 28.7 Å². The van der Waals surface area contributed by atoms with Gasteiger partial charge in [-0.25, -0.2) is 0 Å². The van der Waals surface area contributed by atoms with Gasteiger partial charge in [-0.1, -0.05) is 152 Å². The van der Waals surface area contributed by atoms with Crippen molar-refractivity contribution in [2.45, 2.75) is 116 Å². The Morgan fingerprint density at radius 2 is 0.922 bits per heavy atom. The average molecular weight is 737 g/mol. The van der Waals surface area contributed by atoms with E-state index in [0.717, 1.165) is 15.8 Å². The number of carbonyl (C=O) groups excluding carboxylic acids is 1. The zero-order valence-electron chi connectivity index (χ0n) is 31.1. The van der Waals surface area contributed by atoms with Crippen molar-refractivity contribution in [3.8, 4) is 11.1 Å². The zero-order valence-corrected chi connectivity index (χ0v) is 33.7. The van der Waals surface area contributed by atoms with Crippen LogP contribution in [-0.2, 0) is 20.1 Å². The maximum absolute atomic E-state index is 11.9. The Hall–Kier alpha value is -2.87. The van der Waals surface area contributed by atoms with Gasteiger partial charge in [0.1, 0.15) is 0 Å². The molecule has 0 unspecified atom stereocenters. The second-order valence-electron chi connectivity index (χ2n) is 14.4. The molecule has 2 heterocycles. The first kappa shape index (κ1) is 37.9. The van der Waals surface area contributed by atoms with Crippen LogP contribution >= 0.6 is 22.7 Å². The lowest BCUT2D eigenvalue weighted by Gasteiger charge is -2.21. The van der Waals surface area contributed by atoms with Gasteiger partial charge in [0.15, 0.2) is 5.91 Å². The molecule has 0 aliphatic carbocycles. The van der Waals surface area contributed by atoms with Gasteiger partial charge in [0.05, 0.1) is 0 Å². The summed E-state index contributed by atoms with van der Waals surface area (Å²) in [5, 5.41) is 5.99. The van der Waals surface area contributed by atoms with Crippen molar-refractivity contribution >= 4 is 82.7 Å². The van der Waals surface area contributed by atoms with Crippen LogP contribution in [0.2, 0.25) is 0 Å². The van der Waals surface area contributed by atoms with Crippen molar-refractivity contribution in [1.82, 2.24) is 0 Å². The molecule has 51 heavy (non-hydrogen) atoms. The molecule has 270 valence electrons. The molecule has 0 fully saturated rings. The topological polar surface area (TPSA) is 35.5 Å². The standard InChI is InChI=1S/C45H56O3S2Si/c1-4-5-6-7-8-9-10-11-12-13-14-15-16-17-18-19-20-34-21-25-38-39-26-22-35(30-43(39)49-42(38)29-34)36-23-27-40-41-28-24-37(51(33-46,47-2)48-3)32-45(41)50-44(40)31-36/h21-33H,4-20H2,1-3H3. The van der Waals surface area contributed by atoms with Gasteiger partial charge >= 0.3 is 8.56 Å². The van der Waals surface area contributed by atoms with Gasteiger partial charge in [0.25, 0.3) is 0 Å². The summed E-state index contributed by atoms with van der Waals surface area (Å²) in [6.07, 6.45) is 23.8. The van der Waals surface area contributed by atoms with Gasteiger partial charge in [-0.15, -0.1) is 22.7 Å². The number of unbranched alkanes of at least 4 members (excludes halogenated alkanes) is 15. The molecule has 0 bridgehead atoms. The van der Waals surface area contributed by atoms with E-state index >= 15 is 0 Å². The Morgan fingerprint density at radius 3 is 1.39 bits per heavy atom. The van der Waals surface area contributed by atoms with Crippen LogP contribution in [0, 0.1) is 0 Å². The molecular formula is C45H56O3S2Si. The third-order valence-electron chi connectivity index (χ3n) is 10.8. The largest absolute Gasteiger partial charge is 0.440 e. The molecule has 0 saturated heterocycles. The van der Waals surface area contributed by atoms with Crippen molar-refractivity contribution in [3.63, 3.8) is 0 Å². The SMILES string of the molecule is CCCCCCCCCCCCCCCCCCc1ccc2c(c1)sc1cc(-c3ccc4c(c3)sc3cc([Si](C=O)(OC)OC)ccc34)ccc12. The van der Waals surface area contributed by atoms with Crippen LogP contribution in [0.15, 0.2) is 72.8 Å². The van der Waals surface area contributed by atoms with Crippen molar-refractivity contribution < 1.29 is 13.6 Å². The van der Waals surface area contributed by atoms with E-state index in [1.54, 1.807) is 25.6 Å². The highest BCUT2D eigenvalue weighted by Gasteiger charge is 2.38. The fraction of sp³-hybridized carbons (Fsp3) is 0.444. The van der Waals surface area contributed by atoms with Crippen molar-refractivity contribution in [1.29, 1.82) is 0 Å². The third kappa shape index (κ3) is 9.20. The maximum Gasteiger partial charge on any atom is 0.440 e. The van der Waals surface area contributed by atoms with E-state index in [9.17, 15) is 4.79 Å². The summed E-state index contributed by atoms with van der Waals surface area (Å²) in [7, 11) is 0.0484. The molecule has 0 aliphatic rings. The fourth-order valence-corrected chi connectivity index (χ4v) is 11.8. The van der Waals surface area contributed by atoms with Crippen LogP contribution in [0.1, 0.15) is 115 Å². The number of carbonyl (C=O) groups is 1. The lowest BCUT2D eigenvalue weighted by atomic mass is 10.0. The second-order valence-corrected chi connectivity index (χ2v) is 19.5. The summed E-state index contributed by atoms with van der Waals surface area (Å²) in [5.41, 5.74) is 3.94. The highest BCUT2D eigenvalue weighted by molar-refractivity contribution is 7.26. The van der Waals surface area contributed by atoms with E-state index in [-0.39, 0.29) is 0 Å². The summed E-state index contributed by atoms with van der Waals surface area (Å²) >= 11 is 3.68. The number of hydrogen-bond donors (Lipinski definition) is 0. The Balaban J connectivity index is 0.996. The van der Waals surface area contributed by atoms with Crippen LogP contribution < -0.4 is 5.19 Å². The van der Waals surface area contributed by atoms with Crippen molar-refractivity contribution in [2.24, 2.45) is 0 Å². The molecule has 2 aromatic heterocycles. The highest BCUT2D eigenvalue weighted by atomic mass is 32.1. The minimum absolute atomic E-state index is 0.838. The number of rotatable bonds is 22. The maximum atomic E-state index is 11.9. The molecule has 6 heteroatoms. The summed E-state index contributed by atoms with van der Waals surface area (Å²) in [6, 6.07) is 27.0. The molecular weight excluding hydrogens is 681 g/mol. The lowest BCUT2D eigenvalue weighted by molar-refractivity contribution is 0.274. The zero-order chi connectivity index (χ0) is 35.5. The van der Waals surface area contributed by atoms with Crippen LogP contribution in [0.4, 0.5) is 0 Å². The number of thiophene rings is 2. The molecule has 3 nitrogen and oxygen atoms in total. The minimum Gasteiger partial charge on any atom is -0.390 e. The Kier molecular flexibility index (Phi) is 13.9. The fourth-order valence-electron chi connectivity index (χ4n) is 7.69. The summed E-state index contributed by atoms with van der Waals surface area (Å²) in [5.74, 6) is 0.854. The quantitative estimate of drug-likeness (QED) is 0.0395. The minimum atomic E-state index is -3.06. The van der Waals surface area contributed by atoms with Gasteiger partial charge in [-0.2, -0.15) is 0 Å². The summed E-state index contributed by atoms with van der Waals surface area (Å²) in [6.45, 7) is 2.30. The Morgan fingerprint density at radius 1 is 0.510 bits per heavy atom. The summed E-state index contributed by atoms with van der Waals surface area (Å²) < 4.78 is 16.3. The molecule has 6 aromatic rings. The number of aryl methyl sites for hydroxylation is 1. The molecule has 4 aromatic carbocycles. The van der Waals surface area contributed by atoms with E-state index in [1.165, 1.54) is 161 Å². The van der Waals surface area contributed by atoms with Crippen molar-refractivity contribution in [2.75, 3.05) is 14.2 Å². The molecule has 0 radical (unpaired) electrons. The molecule has 0 atom stereocenters. The third-order valence-corrected chi connectivity index (χ3v) is 15.7. The first-order chi connectivity index (χ1) is 25.1. The van der Waals surface area contributed by atoms with E-state index in [1.807, 2.05) is 17.4 Å². The van der Waals surface area contributed by atoms with Crippen LogP contribution in [0.3, 0.4) is 0 Å². The second kappa shape index (κ2) is 18.8. The molecule has 6 rings (SSSR count). The molecule has 0 aliphatic heterocycles. The van der Waals surface area contributed by atoms with Gasteiger partial charge in [0, 0.05) is 59.8 Å². The van der Waals surface area contributed by atoms with Gasteiger partial charge < -0.3 is 13.6 Å². The lowest BCUT2D eigenvalue weighted by Crippen LogP contribution is -2.54. The van der Waals surface area contributed by atoms with E-state index in [2.05, 4.69) is 73.7 Å². The van der Waals surface area contributed by atoms with Gasteiger partial charge in [-0.05, 0) is 53.8 Å². The molecule has 0 saturated carbocycles. The number of fused-ring (bicyclic) bond motifs is 6. The van der Waals surface area contributed by atoms with Crippen LogP contribution in [0.25, 0.3) is 51.5 Å². The highest BCUT2D eigenvalue weighted by Crippen LogP contribution is 2.40. The van der Waals surface area contributed by atoms with Crippen molar-refractivity contribution in [3.05, 3.63) is 78.4 Å². The van der Waals surface area contributed by atoms with Gasteiger partial charge in [0.2, 0.25) is 0 Å². The van der Waals surface area contributed by atoms with E-state index in [0.29, 0.717) is 0 Å². The van der Waals surface area contributed by atoms with E-state index < -0.39 is 8.56 Å². The Bertz CT molecular complexity index is 2020. The van der Waals surface area contributed by atoms with E-state index in [4.69, 9.17) is 8.85 Å². The Labute approximate surface area is 314 Å². The normalized spacial score (nSPS) is 12.2. The molecule has 0 spiro atoms. The number of hydrogen-bond acceptors (Lipinski definition) is 5. The first-order valence-electron chi connectivity index (χ1n) is 19.6. The molecule has 0 amide bonds. The van der Waals surface area contributed by atoms with Gasteiger partial charge in [-0.3, -0.25) is 0 Å². The molecule has 0 N–H and O–H groups in total. The first-order valence-corrected chi connectivity index (χ1v) is 23.1. The smallest absolute Gasteiger partial charge is 0.390 e. The predicted octanol–water partition coefficient (Wildman–Crippen LogP) is 13.6. The summed E-state index contributed by atoms with van der Waals surface area (Å²) in [4.78, 5) is 11.9. The monoisotopic (exact) mass is 736 g/mol. The van der Waals surface area contributed by atoms with Crippen LogP contribution in [0.5, 0.6) is 0 Å². The number of benzene rings is 4.